The number of non-ortho nitro benzene ring substituents is 1. The van der Waals surface area contributed by atoms with Crippen molar-refractivity contribution in [2.24, 2.45) is 0 Å². The van der Waals surface area contributed by atoms with E-state index >= 15 is 0 Å². The fourth-order valence-corrected chi connectivity index (χ4v) is 1.67. The van der Waals surface area contributed by atoms with Crippen molar-refractivity contribution in [1.82, 2.24) is 0 Å². The van der Waals surface area contributed by atoms with Gasteiger partial charge >= 0.3 is 5.97 Å². The van der Waals surface area contributed by atoms with Crippen LogP contribution in [-0.4, -0.2) is 10.9 Å². The third-order valence-electron chi connectivity index (χ3n) is 2.80. The number of benzene rings is 2. The zero-order chi connectivity index (χ0) is 16.8. The van der Waals surface area contributed by atoms with Crippen molar-refractivity contribution < 1.29 is 18.8 Å². The number of nitro benzene ring substituents is 1. The molecule has 0 saturated heterocycles. The summed E-state index contributed by atoms with van der Waals surface area (Å²) in [5.74, 6) is -1.55. The third-order valence-corrected chi connectivity index (χ3v) is 2.80. The van der Waals surface area contributed by atoms with Gasteiger partial charge in [0.15, 0.2) is 0 Å². The van der Waals surface area contributed by atoms with Gasteiger partial charge in [-0.25, -0.2) is 9.18 Å². The van der Waals surface area contributed by atoms with E-state index in [4.69, 9.17) is 10.00 Å². The zero-order valence-electron chi connectivity index (χ0n) is 11.6. The third kappa shape index (κ3) is 4.22. The fraction of sp³-hybridized carbons (Fsp3) is 0. The maximum Gasteiger partial charge on any atom is 0.336 e. The molecule has 23 heavy (non-hydrogen) atoms. The molecule has 2 rings (SSSR count). The van der Waals surface area contributed by atoms with Gasteiger partial charge in [0.25, 0.3) is 5.69 Å². The maximum atomic E-state index is 13.4. The highest BCUT2D eigenvalue weighted by Crippen LogP contribution is 2.17. The number of hydrogen-bond acceptors (Lipinski definition) is 5. The standard InChI is InChI=1S/C16H9FN2O4/c17-15-9-14(7-4-12(15)10-18)23-16(20)8-3-11-1-5-13(6-2-11)19(21)22/h1-9H/b8-3+. The number of hydrogen-bond donors (Lipinski definition) is 0. The molecule has 0 bridgehead atoms. The number of rotatable bonds is 4. The number of nitro groups is 1. The summed E-state index contributed by atoms with van der Waals surface area (Å²) in [5, 5.41) is 19.1. The molecule has 0 fully saturated rings. The molecule has 0 saturated carbocycles. The minimum Gasteiger partial charge on any atom is -0.423 e. The first-order chi connectivity index (χ1) is 11.0. The first-order valence-electron chi connectivity index (χ1n) is 6.33. The van der Waals surface area contributed by atoms with Crippen LogP contribution in [0, 0.1) is 27.3 Å². The summed E-state index contributed by atoms with van der Waals surface area (Å²) in [6, 6.07) is 10.7. The predicted octanol–water partition coefficient (Wildman–Crippen LogP) is 3.22. The molecule has 0 aliphatic heterocycles. The highest BCUT2D eigenvalue weighted by molar-refractivity contribution is 5.88. The Morgan fingerprint density at radius 2 is 1.96 bits per heavy atom. The summed E-state index contributed by atoms with van der Waals surface area (Å²) in [6.07, 6.45) is 2.52. The van der Waals surface area contributed by atoms with Gasteiger partial charge in [-0.3, -0.25) is 10.1 Å². The van der Waals surface area contributed by atoms with Gasteiger partial charge in [-0.2, -0.15) is 5.26 Å². The summed E-state index contributed by atoms with van der Waals surface area (Å²) in [5.41, 5.74) is 0.363. The Balaban J connectivity index is 2.03. The lowest BCUT2D eigenvalue weighted by Crippen LogP contribution is -2.04. The highest BCUT2D eigenvalue weighted by atomic mass is 19.1. The van der Waals surface area contributed by atoms with Crippen LogP contribution in [0.3, 0.4) is 0 Å². The zero-order valence-corrected chi connectivity index (χ0v) is 11.6. The van der Waals surface area contributed by atoms with Crippen molar-refractivity contribution in [3.05, 3.63) is 75.6 Å². The summed E-state index contributed by atoms with van der Waals surface area (Å²) in [4.78, 5) is 21.6. The van der Waals surface area contributed by atoms with Crippen LogP contribution in [-0.2, 0) is 4.79 Å². The lowest BCUT2D eigenvalue weighted by atomic mass is 10.2. The van der Waals surface area contributed by atoms with Crippen LogP contribution >= 0.6 is 0 Å². The van der Waals surface area contributed by atoms with Crippen LogP contribution < -0.4 is 4.74 Å². The van der Waals surface area contributed by atoms with E-state index in [1.54, 1.807) is 6.07 Å². The minimum atomic E-state index is -0.780. The Bertz CT molecular complexity index is 823. The molecule has 0 aromatic heterocycles. The molecule has 0 spiro atoms. The summed E-state index contributed by atoms with van der Waals surface area (Å²) in [6.45, 7) is 0. The van der Waals surface area contributed by atoms with E-state index in [9.17, 15) is 19.3 Å². The summed E-state index contributed by atoms with van der Waals surface area (Å²) in [7, 11) is 0. The fourth-order valence-electron chi connectivity index (χ4n) is 1.67. The molecule has 2 aromatic rings. The average molecular weight is 312 g/mol. The summed E-state index contributed by atoms with van der Waals surface area (Å²) < 4.78 is 18.3. The smallest absolute Gasteiger partial charge is 0.336 e. The molecule has 6 nitrogen and oxygen atoms in total. The van der Waals surface area contributed by atoms with Gasteiger partial charge in [0.2, 0.25) is 0 Å². The molecule has 0 aliphatic carbocycles. The quantitative estimate of drug-likeness (QED) is 0.284. The second-order valence-electron chi connectivity index (χ2n) is 4.36. The molecular weight excluding hydrogens is 303 g/mol. The van der Waals surface area contributed by atoms with Crippen molar-refractivity contribution in [3.8, 4) is 11.8 Å². The van der Waals surface area contributed by atoms with Crippen LogP contribution in [0.15, 0.2) is 48.5 Å². The molecule has 0 N–H and O–H groups in total. The number of nitriles is 1. The van der Waals surface area contributed by atoms with E-state index in [2.05, 4.69) is 0 Å². The van der Waals surface area contributed by atoms with Crippen molar-refractivity contribution in [1.29, 1.82) is 5.26 Å². The molecule has 0 heterocycles. The average Bonchev–Trinajstić information content (AvgIpc) is 2.53. The minimum absolute atomic E-state index is 0.0279. The molecule has 0 unspecified atom stereocenters. The van der Waals surface area contributed by atoms with Gasteiger partial charge in [-0.05, 0) is 35.9 Å². The molecule has 2 aromatic carbocycles. The Kier molecular flexibility index (Phi) is 4.79. The van der Waals surface area contributed by atoms with Gasteiger partial charge < -0.3 is 4.74 Å². The Hall–Kier alpha value is -3.53. The monoisotopic (exact) mass is 312 g/mol. The largest absolute Gasteiger partial charge is 0.423 e. The second kappa shape index (κ2) is 6.95. The van der Waals surface area contributed by atoms with Crippen molar-refractivity contribution in [3.63, 3.8) is 0 Å². The van der Waals surface area contributed by atoms with Crippen LogP contribution in [0.1, 0.15) is 11.1 Å². The van der Waals surface area contributed by atoms with E-state index in [1.807, 2.05) is 0 Å². The van der Waals surface area contributed by atoms with Gasteiger partial charge in [-0.1, -0.05) is 0 Å². The van der Waals surface area contributed by atoms with Crippen molar-refractivity contribution >= 4 is 17.7 Å². The molecular formula is C16H9FN2O4. The van der Waals surface area contributed by atoms with Crippen LogP contribution in [0.5, 0.6) is 5.75 Å². The SMILES string of the molecule is N#Cc1ccc(OC(=O)/C=C/c2ccc([N+](=O)[O-])cc2)cc1F. The predicted molar refractivity (Wildman–Crippen MR) is 78.9 cm³/mol. The lowest BCUT2D eigenvalue weighted by Gasteiger charge is -2.02. The van der Waals surface area contributed by atoms with Gasteiger partial charge in [0.1, 0.15) is 17.6 Å². The van der Waals surface area contributed by atoms with E-state index in [0.29, 0.717) is 5.56 Å². The molecule has 7 heteroatoms. The first kappa shape index (κ1) is 15.9. The van der Waals surface area contributed by atoms with Crippen LogP contribution in [0.2, 0.25) is 0 Å². The number of nitrogens with zero attached hydrogens (tertiary/aromatic N) is 2. The van der Waals surface area contributed by atoms with Gasteiger partial charge in [0, 0.05) is 24.3 Å². The second-order valence-corrected chi connectivity index (χ2v) is 4.36. The van der Waals surface area contributed by atoms with Crippen molar-refractivity contribution in [2.45, 2.75) is 0 Å². The Morgan fingerprint density at radius 1 is 1.26 bits per heavy atom. The van der Waals surface area contributed by atoms with E-state index in [-0.39, 0.29) is 17.0 Å². The topological polar surface area (TPSA) is 93.2 Å². The number of carbonyl (C=O) groups is 1. The molecule has 114 valence electrons. The highest BCUT2D eigenvalue weighted by Gasteiger charge is 2.06. The van der Waals surface area contributed by atoms with E-state index in [0.717, 1.165) is 12.1 Å². The first-order valence-corrected chi connectivity index (χ1v) is 6.33. The number of halogens is 1. The van der Waals surface area contributed by atoms with Gasteiger partial charge in [0.05, 0.1) is 10.5 Å². The maximum absolute atomic E-state index is 13.4. The number of ether oxygens (including phenoxy) is 1. The van der Waals surface area contributed by atoms with E-state index < -0.39 is 16.7 Å². The number of carbonyl (C=O) groups excluding carboxylic acids is 1. The van der Waals surface area contributed by atoms with Gasteiger partial charge in [-0.15, -0.1) is 0 Å². The van der Waals surface area contributed by atoms with E-state index in [1.165, 1.54) is 42.5 Å². The Morgan fingerprint density at radius 3 is 2.52 bits per heavy atom. The van der Waals surface area contributed by atoms with Crippen molar-refractivity contribution in [2.75, 3.05) is 0 Å². The number of esters is 1. The normalized spacial score (nSPS) is 10.3. The lowest BCUT2D eigenvalue weighted by molar-refractivity contribution is -0.384. The molecule has 0 radical (unpaired) electrons. The van der Waals surface area contributed by atoms with Crippen LogP contribution in [0.25, 0.3) is 6.08 Å². The summed E-state index contributed by atoms with van der Waals surface area (Å²) >= 11 is 0. The molecule has 0 aliphatic rings. The molecule has 0 amide bonds. The Labute approximate surface area is 130 Å². The molecule has 0 atom stereocenters. The van der Waals surface area contributed by atoms with Crippen LogP contribution in [0.4, 0.5) is 10.1 Å².